The average molecular weight is 178 g/mol. The Labute approximate surface area is 79.5 Å². The van der Waals surface area contributed by atoms with Crippen LogP contribution in [0.1, 0.15) is 25.7 Å². The van der Waals surface area contributed by atoms with Crippen LogP contribution in [0, 0.1) is 29.6 Å². The van der Waals surface area contributed by atoms with Gasteiger partial charge in [0.15, 0.2) is 0 Å². The molecular weight excluding hydrogens is 164 g/mol. The number of hydrogen-bond donors (Lipinski definition) is 0. The first-order valence-electron chi connectivity index (χ1n) is 4.41. The molecule has 12 heavy (non-hydrogen) atoms. The lowest BCUT2D eigenvalue weighted by molar-refractivity contribution is 0.712. The molecule has 0 nitrogen and oxygen atoms in total. The maximum absolute atomic E-state index is 3.21. The molecule has 0 aromatic rings. The van der Waals surface area contributed by atoms with Crippen LogP contribution in [0.2, 0.25) is 0 Å². The molecule has 64 valence electrons. The molecule has 1 aliphatic carbocycles. The third-order valence-electron chi connectivity index (χ3n) is 2.00. The molecule has 0 spiro atoms. The summed E-state index contributed by atoms with van der Waals surface area (Å²) in [5.74, 6) is 13.6. The zero-order valence-corrected chi connectivity index (χ0v) is 8.34. The van der Waals surface area contributed by atoms with Gasteiger partial charge in [-0.1, -0.05) is 24.7 Å². The smallest absolute Gasteiger partial charge is 0.0554 e. The van der Waals surface area contributed by atoms with Crippen molar-refractivity contribution in [1.29, 1.82) is 0 Å². The van der Waals surface area contributed by atoms with Crippen LogP contribution in [0.15, 0.2) is 0 Å². The second-order valence-corrected chi connectivity index (χ2v) is 3.85. The minimum absolute atomic E-state index is 0.647. The van der Waals surface area contributed by atoms with Crippen molar-refractivity contribution < 1.29 is 0 Å². The predicted octanol–water partition coefficient (Wildman–Crippen LogP) is 2.55. The van der Waals surface area contributed by atoms with E-state index in [1.54, 1.807) is 11.8 Å². The molecule has 0 aromatic carbocycles. The summed E-state index contributed by atoms with van der Waals surface area (Å²) in [6.45, 7) is 0. The van der Waals surface area contributed by atoms with Crippen LogP contribution in [-0.4, -0.2) is 12.0 Å². The molecule has 0 heterocycles. The fourth-order valence-electron chi connectivity index (χ4n) is 1.36. The summed E-state index contributed by atoms with van der Waals surface area (Å²) in [4.78, 5) is 0. The molecule has 1 aliphatic rings. The molecule has 0 atom stereocenters. The largest absolute Gasteiger partial charge is 0.152 e. The van der Waals surface area contributed by atoms with Crippen LogP contribution in [0.3, 0.4) is 0 Å². The van der Waals surface area contributed by atoms with Gasteiger partial charge in [0.25, 0.3) is 0 Å². The molecule has 1 heteroatoms. The highest BCUT2D eigenvalue weighted by atomic mass is 32.2. The summed E-state index contributed by atoms with van der Waals surface area (Å²) < 4.78 is 0. The molecule has 0 aliphatic heterocycles. The molecule has 0 bridgehead atoms. The van der Waals surface area contributed by atoms with Crippen molar-refractivity contribution in [3.05, 3.63) is 0 Å². The number of hydrogen-bond acceptors (Lipinski definition) is 1. The molecule has 0 N–H and O–H groups in total. The van der Waals surface area contributed by atoms with E-state index in [1.807, 2.05) is 0 Å². The topological polar surface area (TPSA) is 0 Å². The van der Waals surface area contributed by atoms with Crippen LogP contribution < -0.4 is 0 Å². The van der Waals surface area contributed by atoms with Gasteiger partial charge in [-0.05, 0) is 30.9 Å². The fourth-order valence-corrected chi connectivity index (χ4v) is 1.58. The highest BCUT2D eigenvalue weighted by Gasteiger charge is 2.10. The Kier molecular flexibility index (Phi) is 4.81. The summed E-state index contributed by atoms with van der Waals surface area (Å²) in [7, 11) is 0. The van der Waals surface area contributed by atoms with E-state index in [4.69, 9.17) is 0 Å². The van der Waals surface area contributed by atoms with Crippen molar-refractivity contribution in [1.82, 2.24) is 0 Å². The second-order valence-electron chi connectivity index (χ2n) is 2.99. The maximum atomic E-state index is 3.21. The lowest BCUT2D eigenvalue weighted by atomic mass is 10.1. The van der Waals surface area contributed by atoms with Gasteiger partial charge < -0.3 is 0 Å². The Bertz CT molecular complexity index is 227. The van der Waals surface area contributed by atoms with Crippen molar-refractivity contribution in [3.8, 4) is 23.7 Å². The molecule has 0 radical (unpaired) electrons. The predicted molar refractivity (Wildman–Crippen MR) is 55.9 cm³/mol. The molecule has 0 amide bonds. The third kappa shape index (κ3) is 3.74. The molecule has 0 aromatic heterocycles. The van der Waals surface area contributed by atoms with Gasteiger partial charge in [-0.25, -0.2) is 0 Å². The zero-order valence-electron chi connectivity index (χ0n) is 7.52. The molecular formula is C11H14S. The summed E-state index contributed by atoms with van der Waals surface area (Å²) in [5.41, 5.74) is 0. The molecule has 1 saturated carbocycles. The number of rotatable bonds is 1. The van der Waals surface area contributed by atoms with Gasteiger partial charge in [0.2, 0.25) is 0 Å². The molecule has 1 fully saturated rings. The summed E-state index contributed by atoms with van der Waals surface area (Å²) in [6.07, 6.45) is 7.35. The highest BCUT2D eigenvalue weighted by Crippen LogP contribution is 2.23. The van der Waals surface area contributed by atoms with E-state index < -0.39 is 0 Å². The van der Waals surface area contributed by atoms with Gasteiger partial charge in [-0.3, -0.25) is 0 Å². The van der Waals surface area contributed by atoms with Crippen LogP contribution in [-0.2, 0) is 0 Å². The first-order valence-corrected chi connectivity index (χ1v) is 5.80. The van der Waals surface area contributed by atoms with E-state index in [2.05, 4.69) is 29.9 Å². The Morgan fingerprint density at radius 1 is 1.25 bits per heavy atom. The van der Waals surface area contributed by atoms with Gasteiger partial charge in [-0.15, -0.1) is 0 Å². The van der Waals surface area contributed by atoms with E-state index in [9.17, 15) is 0 Å². The molecule has 1 rings (SSSR count). The van der Waals surface area contributed by atoms with Crippen LogP contribution in [0.4, 0.5) is 0 Å². The van der Waals surface area contributed by atoms with E-state index in [0.29, 0.717) is 5.92 Å². The minimum Gasteiger partial charge on any atom is -0.152 e. The summed E-state index contributed by atoms with van der Waals surface area (Å²) in [5, 5.41) is 0. The third-order valence-corrected chi connectivity index (χ3v) is 2.43. The average Bonchev–Trinajstić information content (AvgIpc) is 2.57. The fraction of sp³-hybridized carbons (Fsp3) is 0.636. The highest BCUT2D eigenvalue weighted by molar-refractivity contribution is 7.98. The summed E-state index contributed by atoms with van der Waals surface area (Å²) >= 11 is 1.74. The SMILES string of the molecule is CSCC#CC#CC1CCCC1. The van der Waals surface area contributed by atoms with E-state index in [0.717, 1.165) is 5.75 Å². The monoisotopic (exact) mass is 178 g/mol. The van der Waals surface area contributed by atoms with Gasteiger partial charge in [-0.2, -0.15) is 11.8 Å². The Morgan fingerprint density at radius 2 is 2.00 bits per heavy atom. The van der Waals surface area contributed by atoms with Gasteiger partial charge in [0.05, 0.1) is 5.75 Å². The van der Waals surface area contributed by atoms with Crippen molar-refractivity contribution >= 4 is 11.8 Å². The van der Waals surface area contributed by atoms with Crippen molar-refractivity contribution in [3.63, 3.8) is 0 Å². The van der Waals surface area contributed by atoms with Crippen molar-refractivity contribution in [2.75, 3.05) is 12.0 Å². The van der Waals surface area contributed by atoms with Crippen LogP contribution in [0.25, 0.3) is 0 Å². The second kappa shape index (κ2) is 6.04. The summed E-state index contributed by atoms with van der Waals surface area (Å²) in [6, 6.07) is 0. The quantitative estimate of drug-likeness (QED) is 0.556. The van der Waals surface area contributed by atoms with Gasteiger partial charge in [0, 0.05) is 5.92 Å². The lowest BCUT2D eigenvalue weighted by Gasteiger charge is -1.92. The lowest BCUT2D eigenvalue weighted by Crippen LogP contribution is -1.85. The van der Waals surface area contributed by atoms with Crippen molar-refractivity contribution in [2.45, 2.75) is 25.7 Å². The minimum atomic E-state index is 0.647. The Hall–Kier alpha value is -0.530. The first-order chi connectivity index (χ1) is 5.93. The maximum Gasteiger partial charge on any atom is 0.0554 e. The number of thioether (sulfide) groups is 1. The van der Waals surface area contributed by atoms with E-state index in [1.165, 1.54) is 25.7 Å². The van der Waals surface area contributed by atoms with E-state index in [-0.39, 0.29) is 0 Å². The molecule has 0 unspecified atom stereocenters. The van der Waals surface area contributed by atoms with Crippen LogP contribution in [0.5, 0.6) is 0 Å². The Balaban J connectivity index is 2.24. The standard InChI is InChI=1S/C11H14S/c1-12-10-6-2-3-7-11-8-4-5-9-11/h11H,4-5,8-10H2,1H3. The normalized spacial score (nSPS) is 16.1. The van der Waals surface area contributed by atoms with Crippen LogP contribution >= 0.6 is 11.8 Å². The first kappa shape index (κ1) is 9.56. The van der Waals surface area contributed by atoms with E-state index >= 15 is 0 Å². The van der Waals surface area contributed by atoms with Gasteiger partial charge in [0.1, 0.15) is 0 Å². The molecule has 0 saturated heterocycles. The van der Waals surface area contributed by atoms with Crippen molar-refractivity contribution in [2.24, 2.45) is 5.92 Å². The van der Waals surface area contributed by atoms with Gasteiger partial charge >= 0.3 is 0 Å². The zero-order chi connectivity index (χ0) is 8.65. The Morgan fingerprint density at radius 3 is 2.67 bits per heavy atom.